The summed E-state index contributed by atoms with van der Waals surface area (Å²) in [4.78, 5) is 3.75. The van der Waals surface area contributed by atoms with E-state index < -0.39 is 0 Å². The van der Waals surface area contributed by atoms with E-state index in [1.807, 2.05) is 0 Å². The summed E-state index contributed by atoms with van der Waals surface area (Å²) in [5.74, 6) is -0.149. The van der Waals surface area contributed by atoms with Crippen LogP contribution in [0.1, 0.15) is 0 Å². The van der Waals surface area contributed by atoms with Gasteiger partial charge in [-0.3, -0.25) is 5.21 Å². The number of halogens is 2. The molecule has 1 rings (SSSR count). The molecule has 0 aromatic heterocycles. The number of aliphatic imine (C=N–C) groups is 1. The largest absolute Gasteiger partial charge is 0.368 e. The summed E-state index contributed by atoms with van der Waals surface area (Å²) in [6.45, 7) is 0. The van der Waals surface area contributed by atoms with E-state index in [1.165, 1.54) is 0 Å². The van der Waals surface area contributed by atoms with Crippen molar-refractivity contribution in [2.75, 3.05) is 0 Å². The Balaban J connectivity index is 3.09. The standard InChI is InChI=1S/C7H7Cl2N3O/c8-4-2-1-3-5(6(4)9)11-7(10)12-13/h1-3,13H,(H3,10,11,12). The molecule has 1 aromatic rings. The Bertz CT molecular complexity index is 341. The number of nitrogens with zero attached hydrogens (tertiary/aromatic N) is 1. The quantitative estimate of drug-likeness (QED) is 0.384. The highest BCUT2D eigenvalue weighted by molar-refractivity contribution is 6.43. The molecule has 0 unspecified atom stereocenters. The van der Waals surface area contributed by atoms with Gasteiger partial charge in [-0.1, -0.05) is 29.3 Å². The molecular weight excluding hydrogens is 213 g/mol. The fraction of sp³-hybridized carbons (Fsp3) is 0. The van der Waals surface area contributed by atoms with Crippen LogP contribution < -0.4 is 11.2 Å². The Kier molecular flexibility index (Phi) is 3.36. The van der Waals surface area contributed by atoms with Gasteiger partial charge in [0.05, 0.1) is 15.7 Å². The van der Waals surface area contributed by atoms with Crippen LogP contribution in [0.5, 0.6) is 0 Å². The Hall–Kier alpha value is -0.970. The van der Waals surface area contributed by atoms with Crippen LogP contribution in [0.4, 0.5) is 5.69 Å². The molecule has 4 N–H and O–H groups in total. The van der Waals surface area contributed by atoms with Crippen LogP contribution in [0.15, 0.2) is 23.2 Å². The van der Waals surface area contributed by atoms with E-state index in [-0.39, 0.29) is 5.96 Å². The smallest absolute Gasteiger partial charge is 0.218 e. The first-order chi connectivity index (χ1) is 6.15. The zero-order valence-corrected chi connectivity index (χ0v) is 7.97. The minimum absolute atomic E-state index is 0.149. The maximum Gasteiger partial charge on any atom is 0.218 e. The Morgan fingerprint density at radius 3 is 2.77 bits per heavy atom. The second-order valence-electron chi connectivity index (χ2n) is 2.18. The van der Waals surface area contributed by atoms with E-state index in [2.05, 4.69) is 4.99 Å². The van der Waals surface area contributed by atoms with E-state index in [9.17, 15) is 0 Å². The fourth-order valence-corrected chi connectivity index (χ4v) is 1.07. The average Bonchev–Trinajstić information content (AvgIpc) is 2.13. The lowest BCUT2D eigenvalue weighted by atomic mass is 10.3. The van der Waals surface area contributed by atoms with Crippen molar-refractivity contribution in [1.29, 1.82) is 0 Å². The van der Waals surface area contributed by atoms with Crippen molar-refractivity contribution in [1.82, 2.24) is 5.48 Å². The van der Waals surface area contributed by atoms with Crippen molar-refractivity contribution in [3.63, 3.8) is 0 Å². The highest BCUT2D eigenvalue weighted by Crippen LogP contribution is 2.31. The van der Waals surface area contributed by atoms with Gasteiger partial charge in [-0.15, -0.1) is 0 Å². The van der Waals surface area contributed by atoms with Crippen molar-refractivity contribution >= 4 is 34.8 Å². The second-order valence-corrected chi connectivity index (χ2v) is 2.97. The molecule has 0 aliphatic heterocycles. The molecule has 0 amide bonds. The Morgan fingerprint density at radius 1 is 1.46 bits per heavy atom. The molecule has 13 heavy (non-hydrogen) atoms. The van der Waals surface area contributed by atoms with Gasteiger partial charge in [-0.25, -0.2) is 10.5 Å². The van der Waals surface area contributed by atoms with Crippen LogP contribution in [-0.4, -0.2) is 11.2 Å². The Morgan fingerprint density at radius 2 is 2.15 bits per heavy atom. The lowest BCUT2D eigenvalue weighted by molar-refractivity contribution is 0.233. The molecule has 4 nitrogen and oxygen atoms in total. The van der Waals surface area contributed by atoms with Crippen LogP contribution in [0.3, 0.4) is 0 Å². The van der Waals surface area contributed by atoms with Crippen molar-refractivity contribution in [3.8, 4) is 0 Å². The highest BCUT2D eigenvalue weighted by atomic mass is 35.5. The van der Waals surface area contributed by atoms with E-state index in [0.717, 1.165) is 0 Å². The molecule has 6 heteroatoms. The molecule has 0 fully saturated rings. The summed E-state index contributed by atoms with van der Waals surface area (Å²) in [5.41, 5.74) is 7.29. The number of guanidine groups is 1. The number of benzene rings is 1. The van der Waals surface area contributed by atoms with Crippen molar-refractivity contribution < 1.29 is 5.21 Å². The molecule has 0 atom stereocenters. The van der Waals surface area contributed by atoms with E-state index in [4.69, 9.17) is 34.1 Å². The SMILES string of the molecule is NC(=Nc1cccc(Cl)c1Cl)NO. The minimum Gasteiger partial charge on any atom is -0.368 e. The monoisotopic (exact) mass is 219 g/mol. The third kappa shape index (κ3) is 2.48. The van der Waals surface area contributed by atoms with Crippen LogP contribution in [0.2, 0.25) is 10.0 Å². The van der Waals surface area contributed by atoms with E-state index in [1.54, 1.807) is 23.7 Å². The topological polar surface area (TPSA) is 70.6 Å². The molecule has 1 aromatic carbocycles. The molecule has 70 valence electrons. The van der Waals surface area contributed by atoms with Crippen LogP contribution in [0, 0.1) is 0 Å². The van der Waals surface area contributed by atoms with E-state index in [0.29, 0.717) is 15.7 Å². The summed E-state index contributed by atoms with van der Waals surface area (Å²) in [5, 5.41) is 9.05. The molecule has 0 radical (unpaired) electrons. The van der Waals surface area contributed by atoms with Gasteiger partial charge in [-0.2, -0.15) is 0 Å². The molecule has 0 saturated carbocycles. The summed E-state index contributed by atoms with van der Waals surface area (Å²) in [6.07, 6.45) is 0. The van der Waals surface area contributed by atoms with Gasteiger partial charge >= 0.3 is 0 Å². The number of hydrogen-bond donors (Lipinski definition) is 3. The number of rotatable bonds is 1. The van der Waals surface area contributed by atoms with Crippen LogP contribution in [0.25, 0.3) is 0 Å². The predicted molar refractivity (Wildman–Crippen MR) is 52.7 cm³/mol. The molecule has 0 spiro atoms. The maximum atomic E-state index is 8.37. The molecule has 0 aliphatic rings. The lowest BCUT2D eigenvalue weighted by Gasteiger charge is -2.01. The molecule has 0 heterocycles. The third-order valence-corrected chi connectivity index (χ3v) is 2.10. The van der Waals surface area contributed by atoms with Gasteiger partial charge in [0.25, 0.3) is 0 Å². The van der Waals surface area contributed by atoms with Crippen molar-refractivity contribution in [2.45, 2.75) is 0 Å². The normalized spacial score (nSPS) is 11.5. The maximum absolute atomic E-state index is 8.37. The van der Waals surface area contributed by atoms with Crippen LogP contribution in [-0.2, 0) is 0 Å². The zero-order chi connectivity index (χ0) is 9.84. The number of hydroxylamine groups is 1. The van der Waals surface area contributed by atoms with Crippen molar-refractivity contribution in [3.05, 3.63) is 28.2 Å². The molecular formula is C7H7Cl2N3O. The second kappa shape index (κ2) is 4.32. The molecule has 0 saturated heterocycles. The first-order valence-corrected chi connectivity index (χ1v) is 4.09. The Labute approximate surface area is 84.9 Å². The third-order valence-electron chi connectivity index (χ3n) is 1.29. The number of hydrogen-bond acceptors (Lipinski definition) is 2. The molecule has 0 bridgehead atoms. The van der Waals surface area contributed by atoms with Gasteiger partial charge in [0, 0.05) is 0 Å². The van der Waals surface area contributed by atoms with Gasteiger partial charge in [0.15, 0.2) is 0 Å². The number of nitrogens with one attached hydrogen (secondary N) is 1. The first kappa shape index (κ1) is 10.1. The minimum atomic E-state index is -0.149. The first-order valence-electron chi connectivity index (χ1n) is 3.33. The number of nitrogens with two attached hydrogens (primary N) is 1. The highest BCUT2D eigenvalue weighted by Gasteiger charge is 2.02. The predicted octanol–water partition coefficient (Wildman–Crippen LogP) is 1.92. The van der Waals surface area contributed by atoms with Crippen molar-refractivity contribution in [2.24, 2.45) is 10.7 Å². The summed E-state index contributed by atoms with van der Waals surface area (Å²) >= 11 is 11.5. The van der Waals surface area contributed by atoms with Gasteiger partial charge < -0.3 is 5.73 Å². The summed E-state index contributed by atoms with van der Waals surface area (Å²) in [7, 11) is 0. The van der Waals surface area contributed by atoms with Crippen LogP contribution >= 0.6 is 23.2 Å². The average molecular weight is 220 g/mol. The summed E-state index contributed by atoms with van der Waals surface area (Å²) < 4.78 is 0. The molecule has 0 aliphatic carbocycles. The van der Waals surface area contributed by atoms with Gasteiger partial charge in [-0.05, 0) is 12.1 Å². The fourth-order valence-electron chi connectivity index (χ4n) is 0.734. The summed E-state index contributed by atoms with van der Waals surface area (Å²) in [6, 6.07) is 4.93. The van der Waals surface area contributed by atoms with Gasteiger partial charge in [0.2, 0.25) is 5.96 Å². The lowest BCUT2D eigenvalue weighted by Crippen LogP contribution is -2.27. The van der Waals surface area contributed by atoms with Gasteiger partial charge in [0.1, 0.15) is 0 Å². The van der Waals surface area contributed by atoms with E-state index >= 15 is 0 Å². The zero-order valence-electron chi connectivity index (χ0n) is 6.46.